The second-order valence-corrected chi connectivity index (χ2v) is 5.43. The molecule has 0 aliphatic rings. The van der Waals surface area contributed by atoms with Crippen LogP contribution in [0.4, 0.5) is 0 Å². The third kappa shape index (κ3) is 4.96. The fourth-order valence-corrected chi connectivity index (χ4v) is 2.31. The maximum Gasteiger partial charge on any atom is 0.142 e. The Kier molecular flexibility index (Phi) is 7.28. The van der Waals surface area contributed by atoms with E-state index in [4.69, 9.17) is 5.73 Å². The van der Waals surface area contributed by atoms with Gasteiger partial charge >= 0.3 is 0 Å². The molecule has 0 saturated carbocycles. The summed E-state index contributed by atoms with van der Waals surface area (Å²) in [6.07, 6.45) is 4.64. The van der Waals surface area contributed by atoms with Crippen LogP contribution >= 0.6 is 0 Å². The first kappa shape index (κ1) is 16.7. The Hall–Kier alpha value is -1.37. The van der Waals surface area contributed by atoms with Crippen molar-refractivity contribution in [3.8, 4) is 6.07 Å². The first-order valence-electron chi connectivity index (χ1n) is 7.64. The van der Waals surface area contributed by atoms with E-state index in [1.54, 1.807) is 0 Å². The second kappa shape index (κ2) is 8.73. The summed E-state index contributed by atoms with van der Waals surface area (Å²) in [6, 6.07) is 12.0. The van der Waals surface area contributed by atoms with E-state index in [0.717, 1.165) is 44.3 Å². The van der Waals surface area contributed by atoms with E-state index in [9.17, 15) is 5.26 Å². The standard InChI is InChI=1S/C17H27N3/c1-3-5-12-20(13-6-4-2)15-17(19,14-18)16-10-8-7-9-11-16/h7-11H,3-6,12-13,15,19H2,1-2H3. The molecule has 110 valence electrons. The monoisotopic (exact) mass is 273 g/mol. The first-order valence-corrected chi connectivity index (χ1v) is 7.64. The zero-order valence-electron chi connectivity index (χ0n) is 12.8. The van der Waals surface area contributed by atoms with Gasteiger partial charge in [0.05, 0.1) is 6.07 Å². The van der Waals surface area contributed by atoms with E-state index in [1.165, 1.54) is 0 Å². The molecule has 1 aromatic carbocycles. The summed E-state index contributed by atoms with van der Waals surface area (Å²) in [5, 5.41) is 9.54. The molecule has 0 heterocycles. The van der Waals surface area contributed by atoms with E-state index < -0.39 is 5.54 Å². The fourth-order valence-electron chi connectivity index (χ4n) is 2.31. The molecular weight excluding hydrogens is 246 g/mol. The Bertz CT molecular complexity index is 402. The topological polar surface area (TPSA) is 53.0 Å². The average molecular weight is 273 g/mol. The van der Waals surface area contributed by atoms with Gasteiger partial charge in [-0.15, -0.1) is 0 Å². The molecule has 0 saturated heterocycles. The van der Waals surface area contributed by atoms with Gasteiger partial charge in [0.15, 0.2) is 0 Å². The summed E-state index contributed by atoms with van der Waals surface area (Å²) in [7, 11) is 0. The number of nitrogens with two attached hydrogens (primary N) is 1. The molecule has 2 N–H and O–H groups in total. The number of nitrogens with zero attached hydrogens (tertiary/aromatic N) is 2. The van der Waals surface area contributed by atoms with Gasteiger partial charge in [-0.2, -0.15) is 5.26 Å². The molecule has 0 aliphatic carbocycles. The average Bonchev–Trinajstić information content (AvgIpc) is 2.50. The maximum absolute atomic E-state index is 9.54. The van der Waals surface area contributed by atoms with E-state index in [0.29, 0.717) is 6.54 Å². The van der Waals surface area contributed by atoms with Gasteiger partial charge in [0.1, 0.15) is 5.54 Å². The van der Waals surface area contributed by atoms with Crippen molar-refractivity contribution >= 4 is 0 Å². The molecule has 0 amide bonds. The summed E-state index contributed by atoms with van der Waals surface area (Å²) >= 11 is 0. The molecule has 1 unspecified atom stereocenters. The van der Waals surface area contributed by atoms with Gasteiger partial charge in [-0.1, -0.05) is 57.0 Å². The summed E-state index contributed by atoms with van der Waals surface area (Å²) in [5.41, 5.74) is 6.35. The van der Waals surface area contributed by atoms with Crippen molar-refractivity contribution in [2.75, 3.05) is 19.6 Å². The van der Waals surface area contributed by atoms with Crippen LogP contribution in [0.25, 0.3) is 0 Å². The van der Waals surface area contributed by atoms with Crippen molar-refractivity contribution in [3.63, 3.8) is 0 Å². The molecule has 3 nitrogen and oxygen atoms in total. The smallest absolute Gasteiger partial charge is 0.142 e. The number of benzene rings is 1. The molecular formula is C17H27N3. The highest BCUT2D eigenvalue weighted by Gasteiger charge is 2.29. The minimum Gasteiger partial charge on any atom is -0.309 e. The maximum atomic E-state index is 9.54. The lowest BCUT2D eigenvalue weighted by atomic mass is 9.91. The predicted molar refractivity (Wildman–Crippen MR) is 84.2 cm³/mol. The number of nitriles is 1. The van der Waals surface area contributed by atoms with Crippen LogP contribution < -0.4 is 5.73 Å². The van der Waals surface area contributed by atoms with Crippen LogP contribution in [-0.2, 0) is 5.54 Å². The lowest BCUT2D eigenvalue weighted by Gasteiger charge is -2.31. The second-order valence-electron chi connectivity index (χ2n) is 5.43. The Labute approximate surface area is 123 Å². The fraction of sp³-hybridized carbons (Fsp3) is 0.588. The van der Waals surface area contributed by atoms with Crippen LogP contribution in [0, 0.1) is 11.3 Å². The van der Waals surface area contributed by atoms with Crippen LogP contribution in [0.5, 0.6) is 0 Å². The summed E-state index contributed by atoms with van der Waals surface area (Å²) in [5.74, 6) is 0. The zero-order chi connectivity index (χ0) is 14.8. The van der Waals surface area contributed by atoms with Crippen LogP contribution in [0.3, 0.4) is 0 Å². The number of hydrogen-bond donors (Lipinski definition) is 1. The van der Waals surface area contributed by atoms with Gasteiger partial charge in [-0.3, -0.25) is 0 Å². The van der Waals surface area contributed by atoms with E-state index in [1.807, 2.05) is 30.3 Å². The Morgan fingerprint density at radius 3 is 2.10 bits per heavy atom. The quantitative estimate of drug-likeness (QED) is 0.751. The number of hydrogen-bond acceptors (Lipinski definition) is 3. The van der Waals surface area contributed by atoms with Crippen LogP contribution in [0.1, 0.15) is 45.1 Å². The lowest BCUT2D eigenvalue weighted by Crippen LogP contribution is -2.47. The highest BCUT2D eigenvalue weighted by Crippen LogP contribution is 2.19. The van der Waals surface area contributed by atoms with Crippen LogP contribution in [0.2, 0.25) is 0 Å². The molecule has 1 atom stereocenters. The molecule has 0 bridgehead atoms. The number of unbranched alkanes of at least 4 members (excludes halogenated alkanes) is 2. The van der Waals surface area contributed by atoms with Crippen molar-refractivity contribution < 1.29 is 0 Å². The molecule has 0 radical (unpaired) electrons. The SMILES string of the molecule is CCCCN(CCCC)CC(N)(C#N)c1ccccc1. The highest BCUT2D eigenvalue weighted by molar-refractivity contribution is 5.31. The zero-order valence-corrected chi connectivity index (χ0v) is 12.8. The van der Waals surface area contributed by atoms with Crippen molar-refractivity contribution in [2.45, 2.75) is 45.1 Å². The molecule has 20 heavy (non-hydrogen) atoms. The van der Waals surface area contributed by atoms with Crippen LogP contribution in [-0.4, -0.2) is 24.5 Å². The van der Waals surface area contributed by atoms with Gasteiger partial charge in [0.25, 0.3) is 0 Å². The summed E-state index contributed by atoms with van der Waals surface area (Å²) < 4.78 is 0. The third-order valence-corrected chi connectivity index (χ3v) is 3.62. The first-order chi connectivity index (χ1) is 9.66. The largest absolute Gasteiger partial charge is 0.309 e. The van der Waals surface area contributed by atoms with Crippen molar-refractivity contribution in [1.29, 1.82) is 5.26 Å². The van der Waals surface area contributed by atoms with Crippen molar-refractivity contribution in [1.82, 2.24) is 4.90 Å². The van der Waals surface area contributed by atoms with Gasteiger partial charge in [-0.05, 0) is 31.5 Å². The molecule has 3 heteroatoms. The number of rotatable bonds is 9. The molecule has 0 fully saturated rings. The molecule has 1 aromatic rings. The highest BCUT2D eigenvalue weighted by atomic mass is 15.1. The Balaban J connectivity index is 2.79. The normalized spacial score (nSPS) is 13.9. The minimum atomic E-state index is -0.914. The Morgan fingerprint density at radius 2 is 1.65 bits per heavy atom. The summed E-state index contributed by atoms with van der Waals surface area (Å²) in [6.45, 7) is 7.02. The van der Waals surface area contributed by atoms with Crippen LogP contribution in [0.15, 0.2) is 30.3 Å². The minimum absolute atomic E-state index is 0.605. The van der Waals surface area contributed by atoms with E-state index in [2.05, 4.69) is 24.8 Å². The molecule has 0 aliphatic heterocycles. The summed E-state index contributed by atoms with van der Waals surface area (Å²) in [4.78, 5) is 2.34. The van der Waals surface area contributed by atoms with Gasteiger partial charge in [0, 0.05) is 6.54 Å². The van der Waals surface area contributed by atoms with E-state index in [-0.39, 0.29) is 0 Å². The molecule has 0 aromatic heterocycles. The predicted octanol–water partition coefficient (Wildman–Crippen LogP) is 3.27. The van der Waals surface area contributed by atoms with Gasteiger partial charge in [0.2, 0.25) is 0 Å². The van der Waals surface area contributed by atoms with E-state index >= 15 is 0 Å². The molecule has 1 rings (SSSR count). The van der Waals surface area contributed by atoms with Gasteiger partial charge in [-0.25, -0.2) is 0 Å². The van der Waals surface area contributed by atoms with Gasteiger partial charge < -0.3 is 10.6 Å². The van der Waals surface area contributed by atoms with Crippen molar-refractivity contribution in [3.05, 3.63) is 35.9 Å². The lowest BCUT2D eigenvalue weighted by molar-refractivity contribution is 0.227. The Morgan fingerprint density at radius 1 is 1.10 bits per heavy atom. The molecule has 0 spiro atoms. The van der Waals surface area contributed by atoms with Crippen molar-refractivity contribution in [2.24, 2.45) is 5.73 Å². The third-order valence-electron chi connectivity index (χ3n) is 3.62.